The highest BCUT2D eigenvalue weighted by Crippen LogP contribution is 2.33. The van der Waals surface area contributed by atoms with Crippen molar-refractivity contribution in [2.75, 3.05) is 11.9 Å². The van der Waals surface area contributed by atoms with Crippen LogP contribution in [0.5, 0.6) is 0 Å². The smallest absolute Gasteiger partial charge is 0.346 e. The molecule has 2 N–H and O–H groups in total. The van der Waals surface area contributed by atoms with Crippen LogP contribution in [0.4, 0.5) is 5.82 Å². The summed E-state index contributed by atoms with van der Waals surface area (Å²) in [6.45, 7) is -0.0410. The van der Waals surface area contributed by atoms with Crippen molar-refractivity contribution in [3.05, 3.63) is 20.8 Å². The summed E-state index contributed by atoms with van der Waals surface area (Å²) in [6, 6.07) is 0. The summed E-state index contributed by atoms with van der Waals surface area (Å²) in [5.74, 6) is 0.114. The number of hydrogen-bond donors (Lipinski definition) is 2. The molecule has 0 aliphatic heterocycles. The van der Waals surface area contributed by atoms with E-state index in [1.807, 2.05) is 0 Å². The van der Waals surface area contributed by atoms with E-state index >= 15 is 0 Å². The number of anilines is 1. The predicted octanol–water partition coefficient (Wildman–Crippen LogP) is -1.19. The molecule has 94 valence electrons. The average Bonchev–Trinajstić information content (AvgIpc) is 2.27. The van der Waals surface area contributed by atoms with Gasteiger partial charge in [0, 0.05) is 14.1 Å². The number of rotatable bonds is 3. The molecule has 2 rings (SSSR count). The molecule has 7 heteroatoms. The Hall–Kier alpha value is -1.63. The number of aryl methyl sites for hydroxylation is 1. The van der Waals surface area contributed by atoms with E-state index < -0.39 is 16.8 Å². The van der Waals surface area contributed by atoms with Crippen molar-refractivity contribution in [2.45, 2.75) is 24.8 Å². The first-order valence-corrected chi connectivity index (χ1v) is 5.52. The van der Waals surface area contributed by atoms with Gasteiger partial charge in [-0.15, -0.1) is 5.10 Å². The predicted molar refractivity (Wildman–Crippen MR) is 62.0 cm³/mol. The molecule has 1 heterocycles. The Kier molecular flexibility index (Phi) is 2.78. The van der Waals surface area contributed by atoms with Gasteiger partial charge in [-0.25, -0.2) is 9.48 Å². The SMILES string of the molecule is Cn1nc(NC2(CO)CCC2)c(=O)n(C)c1=O. The molecule has 0 aromatic carbocycles. The minimum absolute atomic E-state index is 0.0410. The molecule has 0 radical (unpaired) electrons. The van der Waals surface area contributed by atoms with Crippen molar-refractivity contribution in [2.24, 2.45) is 14.1 Å². The van der Waals surface area contributed by atoms with Gasteiger partial charge < -0.3 is 10.4 Å². The summed E-state index contributed by atoms with van der Waals surface area (Å²) in [5, 5.41) is 16.2. The largest absolute Gasteiger partial charge is 0.394 e. The number of hydrogen-bond acceptors (Lipinski definition) is 5. The zero-order valence-corrected chi connectivity index (χ0v) is 9.93. The second-order valence-electron chi connectivity index (χ2n) is 4.54. The zero-order chi connectivity index (χ0) is 12.6. The van der Waals surface area contributed by atoms with Gasteiger partial charge >= 0.3 is 5.69 Å². The minimum Gasteiger partial charge on any atom is -0.394 e. The zero-order valence-electron chi connectivity index (χ0n) is 9.93. The van der Waals surface area contributed by atoms with Crippen molar-refractivity contribution in [3.63, 3.8) is 0 Å². The third-order valence-corrected chi connectivity index (χ3v) is 3.32. The normalized spacial score (nSPS) is 17.6. The number of aromatic nitrogens is 3. The maximum atomic E-state index is 11.8. The molecular weight excluding hydrogens is 224 g/mol. The first kappa shape index (κ1) is 11.8. The molecule has 1 saturated carbocycles. The Labute approximate surface area is 97.7 Å². The lowest BCUT2D eigenvalue weighted by atomic mass is 9.77. The van der Waals surface area contributed by atoms with Crippen molar-refractivity contribution >= 4 is 5.82 Å². The lowest BCUT2D eigenvalue weighted by molar-refractivity contribution is 0.143. The van der Waals surface area contributed by atoms with Gasteiger partial charge in [0.1, 0.15) is 0 Å². The van der Waals surface area contributed by atoms with Gasteiger partial charge in [0.2, 0.25) is 5.82 Å². The fraction of sp³-hybridized carbons (Fsp3) is 0.700. The van der Waals surface area contributed by atoms with Gasteiger partial charge in [-0.2, -0.15) is 0 Å². The van der Waals surface area contributed by atoms with Crippen LogP contribution in [0, 0.1) is 0 Å². The van der Waals surface area contributed by atoms with E-state index in [0.29, 0.717) is 0 Å². The molecule has 0 spiro atoms. The fourth-order valence-corrected chi connectivity index (χ4v) is 1.95. The van der Waals surface area contributed by atoms with E-state index in [0.717, 1.165) is 28.5 Å². The van der Waals surface area contributed by atoms with Crippen LogP contribution in [0.1, 0.15) is 19.3 Å². The van der Waals surface area contributed by atoms with E-state index in [-0.39, 0.29) is 12.4 Å². The Morgan fingerprint density at radius 3 is 2.53 bits per heavy atom. The van der Waals surface area contributed by atoms with Crippen LogP contribution in [0.15, 0.2) is 9.59 Å². The Morgan fingerprint density at radius 1 is 1.41 bits per heavy atom. The summed E-state index contributed by atoms with van der Waals surface area (Å²) < 4.78 is 2.10. The van der Waals surface area contributed by atoms with Gasteiger partial charge in [-0.3, -0.25) is 9.36 Å². The second kappa shape index (κ2) is 3.99. The molecule has 1 aromatic rings. The van der Waals surface area contributed by atoms with Crippen LogP contribution in [0.3, 0.4) is 0 Å². The van der Waals surface area contributed by atoms with Crippen molar-refractivity contribution in [1.29, 1.82) is 0 Å². The molecule has 17 heavy (non-hydrogen) atoms. The Morgan fingerprint density at radius 2 is 2.06 bits per heavy atom. The summed E-state index contributed by atoms with van der Waals surface area (Å²) in [6.07, 6.45) is 2.62. The molecule has 0 atom stereocenters. The quantitative estimate of drug-likeness (QED) is 0.693. The first-order chi connectivity index (χ1) is 7.99. The van der Waals surface area contributed by atoms with Crippen molar-refractivity contribution in [3.8, 4) is 0 Å². The van der Waals surface area contributed by atoms with Crippen LogP contribution in [0.25, 0.3) is 0 Å². The summed E-state index contributed by atoms with van der Waals surface area (Å²) in [4.78, 5) is 23.3. The molecule has 1 aliphatic carbocycles. The Bertz CT molecular complexity index is 536. The van der Waals surface area contributed by atoms with Gasteiger partial charge in [0.05, 0.1) is 12.1 Å². The van der Waals surface area contributed by atoms with Crippen LogP contribution in [-0.4, -0.2) is 31.6 Å². The highest BCUT2D eigenvalue weighted by molar-refractivity contribution is 5.35. The van der Waals surface area contributed by atoms with Crippen LogP contribution in [0.2, 0.25) is 0 Å². The average molecular weight is 240 g/mol. The van der Waals surface area contributed by atoms with Crippen molar-refractivity contribution < 1.29 is 5.11 Å². The minimum atomic E-state index is -0.466. The van der Waals surface area contributed by atoms with Crippen LogP contribution < -0.4 is 16.6 Å². The number of aliphatic hydroxyl groups excluding tert-OH is 1. The molecule has 1 fully saturated rings. The molecule has 1 aromatic heterocycles. The van der Waals surface area contributed by atoms with Gasteiger partial charge in [-0.1, -0.05) is 0 Å². The van der Waals surface area contributed by atoms with E-state index in [9.17, 15) is 14.7 Å². The topological polar surface area (TPSA) is 89.2 Å². The van der Waals surface area contributed by atoms with Crippen LogP contribution >= 0.6 is 0 Å². The van der Waals surface area contributed by atoms with E-state index in [1.165, 1.54) is 14.1 Å². The highest BCUT2D eigenvalue weighted by atomic mass is 16.3. The standard InChI is InChI=1S/C10H16N4O3/c1-13-8(16)7(12-14(2)9(13)17)11-10(6-15)4-3-5-10/h15H,3-6H2,1-2H3,(H,11,12). The summed E-state index contributed by atoms with van der Waals surface area (Å²) >= 11 is 0. The summed E-state index contributed by atoms with van der Waals surface area (Å²) in [5.41, 5.74) is -1.38. The van der Waals surface area contributed by atoms with E-state index in [4.69, 9.17) is 0 Å². The fourth-order valence-electron chi connectivity index (χ4n) is 1.95. The van der Waals surface area contributed by atoms with Gasteiger partial charge in [-0.05, 0) is 19.3 Å². The molecule has 0 amide bonds. The van der Waals surface area contributed by atoms with Gasteiger partial charge in [0.15, 0.2) is 0 Å². The molecular formula is C10H16N4O3. The summed E-state index contributed by atoms with van der Waals surface area (Å²) in [7, 11) is 2.89. The molecule has 0 saturated heterocycles. The monoisotopic (exact) mass is 240 g/mol. The first-order valence-electron chi connectivity index (χ1n) is 5.52. The molecule has 7 nitrogen and oxygen atoms in total. The third-order valence-electron chi connectivity index (χ3n) is 3.32. The van der Waals surface area contributed by atoms with E-state index in [1.54, 1.807) is 0 Å². The molecule has 0 bridgehead atoms. The number of nitrogens with zero attached hydrogens (tertiary/aromatic N) is 3. The second-order valence-corrected chi connectivity index (χ2v) is 4.54. The highest BCUT2D eigenvalue weighted by Gasteiger charge is 2.37. The lowest BCUT2D eigenvalue weighted by Gasteiger charge is -2.41. The molecule has 0 unspecified atom stereocenters. The third kappa shape index (κ3) is 1.86. The maximum Gasteiger partial charge on any atom is 0.346 e. The van der Waals surface area contributed by atoms with Crippen LogP contribution in [-0.2, 0) is 14.1 Å². The maximum absolute atomic E-state index is 11.8. The van der Waals surface area contributed by atoms with Gasteiger partial charge in [0.25, 0.3) is 5.56 Å². The van der Waals surface area contributed by atoms with Crippen molar-refractivity contribution in [1.82, 2.24) is 14.3 Å². The Balaban J connectivity index is 2.40. The number of aliphatic hydroxyl groups is 1. The number of nitrogens with one attached hydrogen (secondary N) is 1. The van der Waals surface area contributed by atoms with E-state index in [2.05, 4.69) is 10.4 Å². The molecule has 1 aliphatic rings. The lowest BCUT2D eigenvalue weighted by Crippen LogP contribution is -2.51.